The normalized spacial score (nSPS) is 13.2. The number of rotatable bonds is 3. The lowest BCUT2D eigenvalue weighted by Gasteiger charge is -2.09. The van der Waals surface area contributed by atoms with Crippen molar-refractivity contribution < 1.29 is 13.2 Å². The molecule has 0 amide bonds. The van der Waals surface area contributed by atoms with Gasteiger partial charge in [-0.2, -0.15) is 0 Å². The first-order valence-electron chi connectivity index (χ1n) is 5.22. The highest BCUT2D eigenvalue weighted by molar-refractivity contribution is 5.79. The zero-order valence-electron chi connectivity index (χ0n) is 9.18. The summed E-state index contributed by atoms with van der Waals surface area (Å²) in [5.41, 5.74) is -0.0105. The SMILES string of the molecule is CCC(NC)c1cc2c(F)ccc(F)c2o1. The van der Waals surface area contributed by atoms with E-state index < -0.39 is 11.6 Å². The van der Waals surface area contributed by atoms with Gasteiger partial charge in [0.2, 0.25) is 0 Å². The van der Waals surface area contributed by atoms with E-state index in [0.717, 1.165) is 18.6 Å². The molecule has 1 heterocycles. The standard InChI is InChI=1S/C12H13F2NO/c1-3-10(15-2)11-6-7-8(13)4-5-9(14)12(7)16-11/h4-6,10,15H,3H2,1-2H3. The zero-order chi connectivity index (χ0) is 11.7. The van der Waals surface area contributed by atoms with Gasteiger partial charge in [-0.25, -0.2) is 8.78 Å². The summed E-state index contributed by atoms with van der Waals surface area (Å²) in [7, 11) is 1.79. The van der Waals surface area contributed by atoms with Crippen molar-refractivity contribution >= 4 is 11.0 Å². The summed E-state index contributed by atoms with van der Waals surface area (Å²) >= 11 is 0. The van der Waals surface area contributed by atoms with Gasteiger partial charge in [0.25, 0.3) is 0 Å². The molecule has 2 nitrogen and oxygen atoms in total. The fourth-order valence-electron chi connectivity index (χ4n) is 1.80. The summed E-state index contributed by atoms with van der Waals surface area (Å²) in [6.07, 6.45) is 0.791. The van der Waals surface area contributed by atoms with E-state index in [1.54, 1.807) is 13.1 Å². The average Bonchev–Trinajstić information content (AvgIpc) is 2.71. The molecular weight excluding hydrogens is 212 g/mol. The second kappa shape index (κ2) is 4.22. The molecule has 1 aromatic heterocycles. The van der Waals surface area contributed by atoms with Crippen molar-refractivity contribution in [1.82, 2.24) is 5.32 Å². The van der Waals surface area contributed by atoms with Crippen molar-refractivity contribution in [3.05, 3.63) is 35.6 Å². The number of fused-ring (bicyclic) bond motifs is 1. The Morgan fingerprint density at radius 1 is 1.31 bits per heavy atom. The molecule has 1 aromatic carbocycles. The van der Waals surface area contributed by atoms with E-state index in [2.05, 4.69) is 5.32 Å². The second-order valence-corrected chi connectivity index (χ2v) is 3.67. The van der Waals surface area contributed by atoms with Crippen molar-refractivity contribution in [2.24, 2.45) is 0 Å². The molecule has 1 unspecified atom stereocenters. The van der Waals surface area contributed by atoms with Gasteiger partial charge >= 0.3 is 0 Å². The maximum Gasteiger partial charge on any atom is 0.172 e. The molecular formula is C12H13F2NO. The van der Waals surface area contributed by atoms with Crippen LogP contribution in [0.2, 0.25) is 0 Å². The molecule has 0 fully saturated rings. The van der Waals surface area contributed by atoms with Crippen molar-refractivity contribution in [3.8, 4) is 0 Å². The highest BCUT2D eigenvalue weighted by atomic mass is 19.1. The Morgan fingerprint density at radius 2 is 2.00 bits per heavy atom. The summed E-state index contributed by atoms with van der Waals surface area (Å²) in [5, 5.41) is 3.23. The Bertz CT molecular complexity index is 464. The summed E-state index contributed by atoms with van der Waals surface area (Å²) in [5.74, 6) is -0.435. The first-order chi connectivity index (χ1) is 7.67. The molecule has 0 spiro atoms. The van der Waals surface area contributed by atoms with Crippen LogP contribution in [0.3, 0.4) is 0 Å². The van der Waals surface area contributed by atoms with E-state index in [1.807, 2.05) is 6.92 Å². The third-order valence-corrected chi connectivity index (χ3v) is 2.70. The molecule has 16 heavy (non-hydrogen) atoms. The molecule has 2 rings (SSSR count). The molecule has 0 radical (unpaired) electrons. The summed E-state index contributed by atoms with van der Waals surface area (Å²) in [6.45, 7) is 1.97. The van der Waals surface area contributed by atoms with Gasteiger partial charge in [0.05, 0.1) is 11.4 Å². The van der Waals surface area contributed by atoms with Crippen LogP contribution >= 0.6 is 0 Å². The van der Waals surface area contributed by atoms with E-state index in [-0.39, 0.29) is 17.0 Å². The average molecular weight is 225 g/mol. The fraction of sp³-hybridized carbons (Fsp3) is 0.333. The van der Waals surface area contributed by atoms with E-state index >= 15 is 0 Å². The highest BCUT2D eigenvalue weighted by Gasteiger charge is 2.16. The molecule has 0 aliphatic rings. The molecule has 86 valence electrons. The molecule has 0 saturated heterocycles. The van der Waals surface area contributed by atoms with Crippen LogP contribution in [0.15, 0.2) is 22.6 Å². The van der Waals surface area contributed by atoms with Crippen LogP contribution in [-0.4, -0.2) is 7.05 Å². The lowest BCUT2D eigenvalue weighted by atomic mass is 10.1. The van der Waals surface area contributed by atoms with Gasteiger partial charge in [-0.3, -0.25) is 0 Å². The molecule has 0 aliphatic heterocycles. The molecule has 0 bridgehead atoms. The first-order valence-corrected chi connectivity index (χ1v) is 5.22. The molecule has 1 N–H and O–H groups in total. The fourth-order valence-corrected chi connectivity index (χ4v) is 1.80. The molecule has 0 saturated carbocycles. The molecule has 1 atom stereocenters. The third kappa shape index (κ3) is 1.69. The van der Waals surface area contributed by atoms with Crippen LogP contribution in [0.4, 0.5) is 8.78 Å². The predicted molar refractivity (Wildman–Crippen MR) is 58.2 cm³/mol. The van der Waals surface area contributed by atoms with Crippen LogP contribution in [0.5, 0.6) is 0 Å². The van der Waals surface area contributed by atoms with Crippen molar-refractivity contribution in [1.29, 1.82) is 0 Å². The van der Waals surface area contributed by atoms with Gasteiger partial charge in [0.1, 0.15) is 11.6 Å². The Labute approximate surface area is 92.2 Å². The number of nitrogens with one attached hydrogen (secondary N) is 1. The van der Waals surface area contributed by atoms with Crippen molar-refractivity contribution in [3.63, 3.8) is 0 Å². The van der Waals surface area contributed by atoms with Gasteiger partial charge in [0.15, 0.2) is 11.4 Å². The molecule has 0 aliphatic carbocycles. The van der Waals surface area contributed by atoms with Crippen molar-refractivity contribution in [2.75, 3.05) is 7.05 Å². The highest BCUT2D eigenvalue weighted by Crippen LogP contribution is 2.28. The topological polar surface area (TPSA) is 25.2 Å². The Hall–Kier alpha value is -1.42. The van der Waals surface area contributed by atoms with Gasteiger partial charge in [-0.15, -0.1) is 0 Å². The van der Waals surface area contributed by atoms with Crippen LogP contribution < -0.4 is 5.32 Å². The largest absolute Gasteiger partial charge is 0.456 e. The summed E-state index contributed by atoms with van der Waals surface area (Å²) in [4.78, 5) is 0. The minimum atomic E-state index is -0.534. The summed E-state index contributed by atoms with van der Waals surface area (Å²) in [6, 6.07) is 3.72. The minimum absolute atomic E-state index is 0.0105. The predicted octanol–water partition coefficient (Wildman–Crippen LogP) is 3.38. The Morgan fingerprint density at radius 3 is 2.56 bits per heavy atom. The van der Waals surface area contributed by atoms with E-state index in [4.69, 9.17) is 4.42 Å². The number of hydrogen-bond acceptors (Lipinski definition) is 2. The van der Waals surface area contributed by atoms with E-state index in [1.165, 1.54) is 0 Å². The number of furan rings is 1. The minimum Gasteiger partial charge on any atom is -0.456 e. The lowest BCUT2D eigenvalue weighted by Crippen LogP contribution is -2.14. The van der Waals surface area contributed by atoms with Gasteiger partial charge < -0.3 is 9.73 Å². The number of hydrogen-bond donors (Lipinski definition) is 1. The smallest absolute Gasteiger partial charge is 0.172 e. The van der Waals surface area contributed by atoms with Crippen LogP contribution in [0, 0.1) is 11.6 Å². The van der Waals surface area contributed by atoms with Crippen LogP contribution in [0.1, 0.15) is 25.1 Å². The summed E-state index contributed by atoms with van der Waals surface area (Å²) < 4.78 is 32.1. The number of benzene rings is 1. The lowest BCUT2D eigenvalue weighted by molar-refractivity contribution is 0.436. The van der Waals surface area contributed by atoms with Crippen LogP contribution in [-0.2, 0) is 0 Å². The van der Waals surface area contributed by atoms with Crippen molar-refractivity contribution in [2.45, 2.75) is 19.4 Å². The molecule has 4 heteroatoms. The zero-order valence-corrected chi connectivity index (χ0v) is 9.18. The maximum absolute atomic E-state index is 13.4. The van der Waals surface area contributed by atoms with Gasteiger partial charge in [0, 0.05) is 0 Å². The maximum atomic E-state index is 13.4. The Kier molecular flexibility index (Phi) is 2.92. The second-order valence-electron chi connectivity index (χ2n) is 3.67. The quantitative estimate of drug-likeness (QED) is 0.866. The van der Waals surface area contributed by atoms with Gasteiger partial charge in [-0.1, -0.05) is 6.92 Å². The van der Waals surface area contributed by atoms with E-state index in [0.29, 0.717) is 5.76 Å². The Balaban J connectivity index is 2.59. The van der Waals surface area contributed by atoms with Crippen LogP contribution in [0.25, 0.3) is 11.0 Å². The van der Waals surface area contributed by atoms with Gasteiger partial charge in [-0.05, 0) is 31.7 Å². The third-order valence-electron chi connectivity index (χ3n) is 2.70. The number of halogens is 2. The monoisotopic (exact) mass is 225 g/mol. The first kappa shape index (κ1) is 11.1. The molecule has 2 aromatic rings. The van der Waals surface area contributed by atoms with E-state index in [9.17, 15) is 8.78 Å².